The maximum absolute atomic E-state index is 5.75. The summed E-state index contributed by atoms with van der Waals surface area (Å²) in [5, 5.41) is 0. The zero-order valence-electron chi connectivity index (χ0n) is 8.91. The highest BCUT2D eigenvalue weighted by Crippen LogP contribution is 2.57. The molecule has 2 nitrogen and oxygen atoms in total. The van der Waals surface area contributed by atoms with E-state index in [1.165, 1.54) is 0 Å². The SMILES string of the molecule is CC[C@]1(C)O[C@]1(OC)c1ccccc1. The Morgan fingerprint density at radius 2 is 1.93 bits per heavy atom. The van der Waals surface area contributed by atoms with Crippen LogP contribution in [0.2, 0.25) is 0 Å². The van der Waals surface area contributed by atoms with E-state index in [0.717, 1.165) is 12.0 Å². The van der Waals surface area contributed by atoms with Gasteiger partial charge in [-0.2, -0.15) is 0 Å². The normalized spacial score (nSPS) is 35.6. The van der Waals surface area contributed by atoms with Gasteiger partial charge in [-0.05, 0) is 13.3 Å². The van der Waals surface area contributed by atoms with E-state index in [2.05, 4.69) is 13.8 Å². The van der Waals surface area contributed by atoms with Crippen molar-refractivity contribution < 1.29 is 9.47 Å². The smallest absolute Gasteiger partial charge is 0.225 e. The fraction of sp³-hybridized carbons (Fsp3) is 0.500. The summed E-state index contributed by atoms with van der Waals surface area (Å²) >= 11 is 0. The Kier molecular flexibility index (Phi) is 2.13. The molecule has 0 bridgehead atoms. The summed E-state index contributed by atoms with van der Waals surface area (Å²) in [6.45, 7) is 4.20. The van der Waals surface area contributed by atoms with Crippen LogP contribution in [0, 0.1) is 0 Å². The molecule has 76 valence electrons. The number of hydrogen-bond acceptors (Lipinski definition) is 2. The summed E-state index contributed by atoms with van der Waals surface area (Å²) in [6.07, 6.45) is 0.954. The molecule has 0 radical (unpaired) electrons. The number of ether oxygens (including phenoxy) is 2. The first kappa shape index (κ1) is 9.69. The van der Waals surface area contributed by atoms with E-state index >= 15 is 0 Å². The Morgan fingerprint density at radius 3 is 2.36 bits per heavy atom. The first-order valence-electron chi connectivity index (χ1n) is 4.99. The summed E-state index contributed by atoms with van der Waals surface area (Å²) < 4.78 is 11.3. The van der Waals surface area contributed by atoms with E-state index in [-0.39, 0.29) is 5.60 Å². The second-order valence-electron chi connectivity index (χ2n) is 3.87. The summed E-state index contributed by atoms with van der Waals surface area (Å²) in [4.78, 5) is 0. The molecular formula is C12H16O2. The molecule has 0 N–H and O–H groups in total. The van der Waals surface area contributed by atoms with E-state index in [1.54, 1.807) is 7.11 Å². The molecule has 2 atom stereocenters. The average Bonchev–Trinajstić information content (AvgIpc) is 2.88. The third-order valence-corrected chi connectivity index (χ3v) is 3.14. The quantitative estimate of drug-likeness (QED) is 0.687. The molecule has 1 aliphatic rings. The van der Waals surface area contributed by atoms with Crippen LogP contribution >= 0.6 is 0 Å². The van der Waals surface area contributed by atoms with Crippen LogP contribution in [0.25, 0.3) is 0 Å². The molecule has 1 aromatic carbocycles. The Balaban J connectivity index is 2.34. The van der Waals surface area contributed by atoms with E-state index in [0.29, 0.717) is 0 Å². The van der Waals surface area contributed by atoms with Crippen molar-refractivity contribution in [3.05, 3.63) is 35.9 Å². The first-order valence-corrected chi connectivity index (χ1v) is 4.99. The Bertz CT molecular complexity index is 322. The molecule has 0 amide bonds. The van der Waals surface area contributed by atoms with Gasteiger partial charge in [0.2, 0.25) is 5.79 Å². The van der Waals surface area contributed by atoms with Crippen LogP contribution in [-0.4, -0.2) is 12.7 Å². The van der Waals surface area contributed by atoms with Gasteiger partial charge in [-0.3, -0.25) is 0 Å². The second-order valence-corrected chi connectivity index (χ2v) is 3.87. The second kappa shape index (κ2) is 3.07. The summed E-state index contributed by atoms with van der Waals surface area (Å²) in [5.41, 5.74) is 0.940. The Labute approximate surface area is 84.8 Å². The fourth-order valence-corrected chi connectivity index (χ4v) is 1.99. The molecule has 14 heavy (non-hydrogen) atoms. The number of methoxy groups -OCH3 is 1. The molecule has 2 rings (SSSR count). The van der Waals surface area contributed by atoms with Gasteiger partial charge in [0, 0.05) is 12.7 Å². The lowest BCUT2D eigenvalue weighted by atomic mass is 9.95. The van der Waals surface area contributed by atoms with Gasteiger partial charge in [0.05, 0.1) is 0 Å². The minimum absolute atomic E-state index is 0.164. The predicted molar refractivity (Wildman–Crippen MR) is 54.9 cm³/mol. The highest BCUT2D eigenvalue weighted by atomic mass is 16.8. The number of epoxide rings is 1. The maximum atomic E-state index is 5.75. The van der Waals surface area contributed by atoms with Crippen LogP contribution < -0.4 is 0 Å². The highest BCUT2D eigenvalue weighted by molar-refractivity contribution is 5.29. The van der Waals surface area contributed by atoms with Crippen molar-refractivity contribution >= 4 is 0 Å². The molecular weight excluding hydrogens is 176 g/mol. The minimum atomic E-state index is -0.511. The van der Waals surface area contributed by atoms with Crippen LogP contribution in [0.4, 0.5) is 0 Å². The van der Waals surface area contributed by atoms with Crippen molar-refractivity contribution in [2.45, 2.75) is 31.7 Å². The molecule has 0 unspecified atom stereocenters. The highest BCUT2D eigenvalue weighted by Gasteiger charge is 2.68. The van der Waals surface area contributed by atoms with Gasteiger partial charge in [-0.15, -0.1) is 0 Å². The molecule has 0 spiro atoms. The molecule has 0 aromatic heterocycles. The maximum Gasteiger partial charge on any atom is 0.225 e. The van der Waals surface area contributed by atoms with Crippen LogP contribution in [0.15, 0.2) is 30.3 Å². The summed E-state index contributed by atoms with van der Waals surface area (Å²) in [5.74, 6) is -0.511. The monoisotopic (exact) mass is 192 g/mol. The van der Waals surface area contributed by atoms with Crippen LogP contribution in [0.1, 0.15) is 25.8 Å². The lowest BCUT2D eigenvalue weighted by molar-refractivity contribution is -0.0149. The lowest BCUT2D eigenvalue weighted by Crippen LogP contribution is -2.22. The summed E-state index contributed by atoms with van der Waals surface area (Å²) in [6, 6.07) is 10.1. The van der Waals surface area contributed by atoms with Crippen molar-refractivity contribution in [3.8, 4) is 0 Å². The third kappa shape index (κ3) is 1.11. The predicted octanol–water partition coefficient (Wildman–Crippen LogP) is 2.68. The van der Waals surface area contributed by atoms with Crippen LogP contribution in [0.5, 0.6) is 0 Å². The topological polar surface area (TPSA) is 21.8 Å². The van der Waals surface area contributed by atoms with E-state index in [4.69, 9.17) is 9.47 Å². The van der Waals surface area contributed by atoms with Crippen molar-refractivity contribution in [3.63, 3.8) is 0 Å². The van der Waals surface area contributed by atoms with Gasteiger partial charge in [0.25, 0.3) is 0 Å². The van der Waals surface area contributed by atoms with E-state index < -0.39 is 5.79 Å². The molecule has 1 aliphatic heterocycles. The van der Waals surface area contributed by atoms with Crippen molar-refractivity contribution in [1.82, 2.24) is 0 Å². The fourth-order valence-electron chi connectivity index (χ4n) is 1.99. The number of rotatable bonds is 3. The Morgan fingerprint density at radius 1 is 1.29 bits per heavy atom. The van der Waals surface area contributed by atoms with Gasteiger partial charge in [0.1, 0.15) is 5.60 Å². The Hall–Kier alpha value is -0.860. The third-order valence-electron chi connectivity index (χ3n) is 3.14. The summed E-state index contributed by atoms with van der Waals surface area (Å²) in [7, 11) is 1.70. The average molecular weight is 192 g/mol. The first-order chi connectivity index (χ1) is 6.68. The van der Waals surface area contributed by atoms with E-state index in [9.17, 15) is 0 Å². The van der Waals surface area contributed by atoms with Gasteiger partial charge in [0.15, 0.2) is 0 Å². The van der Waals surface area contributed by atoms with Crippen molar-refractivity contribution in [1.29, 1.82) is 0 Å². The molecule has 2 heteroatoms. The van der Waals surface area contributed by atoms with Gasteiger partial charge in [-0.1, -0.05) is 37.3 Å². The number of hydrogen-bond donors (Lipinski definition) is 0. The zero-order valence-corrected chi connectivity index (χ0v) is 8.91. The lowest BCUT2D eigenvalue weighted by Gasteiger charge is -2.14. The van der Waals surface area contributed by atoms with Gasteiger partial charge < -0.3 is 9.47 Å². The molecule has 1 fully saturated rings. The molecule has 1 heterocycles. The molecule has 0 aliphatic carbocycles. The van der Waals surface area contributed by atoms with Crippen LogP contribution in [-0.2, 0) is 15.3 Å². The van der Waals surface area contributed by atoms with Crippen LogP contribution in [0.3, 0.4) is 0 Å². The van der Waals surface area contributed by atoms with Crippen molar-refractivity contribution in [2.75, 3.05) is 7.11 Å². The van der Waals surface area contributed by atoms with E-state index in [1.807, 2.05) is 30.3 Å². The molecule has 0 saturated carbocycles. The zero-order chi connectivity index (χ0) is 10.2. The standard InChI is InChI=1S/C12H16O2/c1-4-11(2)12(13-3,14-11)10-8-6-5-7-9-10/h5-9H,4H2,1-3H3/t11-,12+/m0/s1. The van der Waals surface area contributed by atoms with Crippen molar-refractivity contribution in [2.24, 2.45) is 0 Å². The molecule has 1 aromatic rings. The van der Waals surface area contributed by atoms with Gasteiger partial charge in [-0.25, -0.2) is 0 Å². The number of benzene rings is 1. The minimum Gasteiger partial charge on any atom is -0.347 e. The van der Waals surface area contributed by atoms with Gasteiger partial charge >= 0.3 is 0 Å². The molecule has 1 saturated heterocycles. The largest absolute Gasteiger partial charge is 0.347 e.